The number of pyridine rings is 1. The highest BCUT2D eigenvalue weighted by Crippen LogP contribution is 2.24. The largest absolute Gasteiger partial charge is 0.481 e. The molecule has 0 aromatic carbocycles. The topological polar surface area (TPSA) is 122 Å². The number of carboxylic acid groups (broad SMARTS) is 1. The van der Waals surface area contributed by atoms with Gasteiger partial charge in [0.15, 0.2) is 0 Å². The number of hydrogen-bond donors (Lipinski definition) is 2. The Balaban J connectivity index is 2.21. The van der Waals surface area contributed by atoms with E-state index in [0.29, 0.717) is 18.5 Å². The Labute approximate surface area is 133 Å². The lowest BCUT2D eigenvalue weighted by Gasteiger charge is -2.23. The second-order valence-electron chi connectivity index (χ2n) is 5.75. The summed E-state index contributed by atoms with van der Waals surface area (Å²) in [5, 5.41) is 22.9. The van der Waals surface area contributed by atoms with Crippen LogP contribution in [0.3, 0.4) is 0 Å². The molecule has 1 aliphatic rings. The van der Waals surface area contributed by atoms with Crippen LogP contribution in [0.1, 0.15) is 48.2 Å². The van der Waals surface area contributed by atoms with E-state index >= 15 is 0 Å². The number of hydrogen-bond acceptors (Lipinski definition) is 5. The summed E-state index contributed by atoms with van der Waals surface area (Å²) in [6, 6.07) is 0.700. The van der Waals surface area contributed by atoms with Gasteiger partial charge in [-0.25, -0.2) is 0 Å². The van der Waals surface area contributed by atoms with E-state index in [1.54, 1.807) is 6.92 Å². The van der Waals surface area contributed by atoms with Crippen LogP contribution in [0.25, 0.3) is 0 Å². The van der Waals surface area contributed by atoms with Crippen molar-refractivity contribution in [3.63, 3.8) is 0 Å². The molecule has 0 saturated heterocycles. The minimum Gasteiger partial charge on any atom is -0.481 e. The molecular weight excluding hydrogens is 302 g/mol. The maximum Gasteiger partial charge on any atom is 0.308 e. The smallest absolute Gasteiger partial charge is 0.308 e. The fraction of sp³-hybridized carbons (Fsp3) is 0.533. The summed E-state index contributed by atoms with van der Waals surface area (Å²) in [7, 11) is 0. The van der Waals surface area contributed by atoms with Crippen LogP contribution in [-0.2, 0) is 4.79 Å². The highest BCUT2D eigenvalue weighted by atomic mass is 16.6. The van der Waals surface area contributed by atoms with Gasteiger partial charge in [-0.2, -0.15) is 0 Å². The number of aryl methyl sites for hydroxylation is 1. The zero-order valence-corrected chi connectivity index (χ0v) is 12.8. The van der Waals surface area contributed by atoms with Gasteiger partial charge in [-0.15, -0.1) is 0 Å². The summed E-state index contributed by atoms with van der Waals surface area (Å²) in [6.45, 7) is 1.58. The minimum absolute atomic E-state index is 0.104. The van der Waals surface area contributed by atoms with Gasteiger partial charge in [0.2, 0.25) is 0 Å². The summed E-state index contributed by atoms with van der Waals surface area (Å²) in [5.41, 5.74) is 0.206. The van der Waals surface area contributed by atoms with Gasteiger partial charge in [0.1, 0.15) is 6.20 Å². The predicted octanol–water partition coefficient (Wildman–Crippen LogP) is 2.06. The van der Waals surface area contributed by atoms with Crippen LogP contribution in [0.5, 0.6) is 0 Å². The number of carboxylic acids is 1. The first-order valence-corrected chi connectivity index (χ1v) is 7.55. The third-order valence-corrected chi connectivity index (χ3v) is 4.18. The molecule has 1 heterocycles. The van der Waals surface area contributed by atoms with Gasteiger partial charge in [0.05, 0.1) is 22.1 Å². The molecule has 2 atom stereocenters. The fourth-order valence-corrected chi connectivity index (χ4v) is 2.87. The van der Waals surface area contributed by atoms with Crippen molar-refractivity contribution in [1.82, 2.24) is 10.3 Å². The molecule has 0 spiro atoms. The number of nitrogens with zero attached hydrogens (tertiary/aromatic N) is 2. The van der Waals surface area contributed by atoms with Crippen molar-refractivity contribution in [3.8, 4) is 0 Å². The van der Waals surface area contributed by atoms with Gasteiger partial charge in [-0.1, -0.05) is 19.3 Å². The molecular formula is C15H19N3O5. The lowest BCUT2D eigenvalue weighted by atomic mass is 9.94. The van der Waals surface area contributed by atoms with Gasteiger partial charge < -0.3 is 10.4 Å². The number of rotatable bonds is 4. The third-order valence-electron chi connectivity index (χ3n) is 4.18. The molecule has 8 nitrogen and oxygen atoms in total. The molecule has 1 aliphatic carbocycles. The van der Waals surface area contributed by atoms with Crippen molar-refractivity contribution in [1.29, 1.82) is 0 Å². The quantitative estimate of drug-likeness (QED) is 0.497. The van der Waals surface area contributed by atoms with Crippen LogP contribution in [0.4, 0.5) is 5.69 Å². The van der Waals surface area contributed by atoms with Crippen LogP contribution < -0.4 is 5.32 Å². The van der Waals surface area contributed by atoms with Gasteiger partial charge in [0, 0.05) is 12.1 Å². The van der Waals surface area contributed by atoms with Crippen LogP contribution >= 0.6 is 0 Å². The number of carbonyl (C=O) groups is 2. The number of nitro groups is 1. The van der Waals surface area contributed by atoms with E-state index in [1.165, 1.54) is 6.07 Å². The first-order chi connectivity index (χ1) is 10.9. The van der Waals surface area contributed by atoms with Crippen LogP contribution in [0.2, 0.25) is 0 Å². The summed E-state index contributed by atoms with van der Waals surface area (Å²) < 4.78 is 0. The molecule has 2 N–H and O–H groups in total. The van der Waals surface area contributed by atoms with Gasteiger partial charge in [-0.05, 0) is 19.8 Å². The van der Waals surface area contributed by atoms with E-state index in [2.05, 4.69) is 10.3 Å². The summed E-state index contributed by atoms with van der Waals surface area (Å²) >= 11 is 0. The molecule has 0 radical (unpaired) electrons. The Bertz CT molecular complexity index is 632. The van der Waals surface area contributed by atoms with E-state index in [0.717, 1.165) is 25.5 Å². The minimum atomic E-state index is -0.925. The highest BCUT2D eigenvalue weighted by molar-refractivity contribution is 5.96. The number of nitrogens with one attached hydrogen (secondary N) is 1. The maximum absolute atomic E-state index is 12.4. The summed E-state index contributed by atoms with van der Waals surface area (Å²) in [5.74, 6) is -2.07. The lowest BCUT2D eigenvalue weighted by molar-refractivity contribution is -0.385. The fourth-order valence-electron chi connectivity index (χ4n) is 2.87. The van der Waals surface area contributed by atoms with Crippen molar-refractivity contribution in [3.05, 3.63) is 33.6 Å². The molecule has 1 fully saturated rings. The molecule has 8 heteroatoms. The first kappa shape index (κ1) is 16.9. The van der Waals surface area contributed by atoms with Crippen molar-refractivity contribution in [2.24, 2.45) is 5.92 Å². The molecule has 1 amide bonds. The molecule has 0 bridgehead atoms. The molecule has 0 aliphatic heterocycles. The van der Waals surface area contributed by atoms with Crippen molar-refractivity contribution >= 4 is 17.6 Å². The van der Waals surface area contributed by atoms with E-state index in [-0.39, 0.29) is 11.3 Å². The predicted molar refractivity (Wildman–Crippen MR) is 81.1 cm³/mol. The van der Waals surface area contributed by atoms with Gasteiger partial charge >= 0.3 is 5.97 Å². The Hall–Kier alpha value is -2.51. The standard InChI is InChI=1S/C15H19N3O5/c1-9-12(7-10(8-16-9)18(22)23)14(19)17-13-6-4-2-3-5-11(13)15(20)21/h7-8,11,13H,2-6H2,1H3,(H,17,19)(H,20,21)/t11-,13+/m1/s1. The van der Waals surface area contributed by atoms with Crippen molar-refractivity contribution in [2.45, 2.75) is 45.1 Å². The number of aliphatic carboxylic acids is 1. The highest BCUT2D eigenvalue weighted by Gasteiger charge is 2.31. The number of amides is 1. The van der Waals surface area contributed by atoms with Gasteiger partial charge in [0.25, 0.3) is 11.6 Å². The second kappa shape index (κ2) is 7.17. The lowest BCUT2D eigenvalue weighted by Crippen LogP contribution is -2.43. The molecule has 1 aromatic rings. The molecule has 1 aromatic heterocycles. The molecule has 0 unspecified atom stereocenters. The van der Waals surface area contributed by atoms with Crippen LogP contribution in [-0.4, -0.2) is 32.9 Å². The van der Waals surface area contributed by atoms with E-state index in [9.17, 15) is 24.8 Å². The van der Waals surface area contributed by atoms with Crippen LogP contribution in [0, 0.1) is 23.0 Å². The molecule has 1 saturated carbocycles. The second-order valence-corrected chi connectivity index (χ2v) is 5.75. The Morgan fingerprint density at radius 1 is 1.35 bits per heavy atom. The normalized spacial score (nSPS) is 21.3. The van der Waals surface area contributed by atoms with Gasteiger partial charge in [-0.3, -0.25) is 24.7 Å². The first-order valence-electron chi connectivity index (χ1n) is 7.55. The van der Waals surface area contributed by atoms with Crippen molar-refractivity contribution in [2.75, 3.05) is 0 Å². The Kier molecular flexibility index (Phi) is 5.25. The average molecular weight is 321 g/mol. The van der Waals surface area contributed by atoms with E-state index < -0.39 is 28.8 Å². The average Bonchev–Trinajstić information content (AvgIpc) is 2.72. The van der Waals surface area contributed by atoms with Crippen molar-refractivity contribution < 1.29 is 19.6 Å². The molecule has 124 valence electrons. The maximum atomic E-state index is 12.4. The number of carbonyl (C=O) groups excluding carboxylic acids is 1. The third kappa shape index (κ3) is 4.02. The molecule has 23 heavy (non-hydrogen) atoms. The SMILES string of the molecule is Cc1ncc([N+](=O)[O-])cc1C(=O)N[C@H]1CCCCC[C@H]1C(=O)O. The molecule has 2 rings (SSSR count). The van der Waals surface area contributed by atoms with Crippen LogP contribution in [0.15, 0.2) is 12.3 Å². The monoisotopic (exact) mass is 321 g/mol. The number of aromatic nitrogens is 1. The zero-order valence-electron chi connectivity index (χ0n) is 12.8. The Morgan fingerprint density at radius 2 is 2.04 bits per heavy atom. The van der Waals surface area contributed by atoms with E-state index in [1.807, 2.05) is 0 Å². The summed E-state index contributed by atoms with van der Waals surface area (Å²) in [4.78, 5) is 37.9. The Morgan fingerprint density at radius 3 is 2.70 bits per heavy atom. The zero-order chi connectivity index (χ0) is 17.0. The summed E-state index contributed by atoms with van der Waals surface area (Å²) in [6.07, 6.45) is 4.81. The van der Waals surface area contributed by atoms with E-state index in [4.69, 9.17) is 0 Å².